The number of aliphatic hydroxyl groups is 1. The average Bonchev–Trinajstić information content (AvgIpc) is 3.11. The van der Waals surface area contributed by atoms with Crippen molar-refractivity contribution in [1.29, 1.82) is 0 Å². The van der Waals surface area contributed by atoms with Gasteiger partial charge in [-0.2, -0.15) is 0 Å². The molecular formula is C26H25FN2O4. The fourth-order valence-corrected chi connectivity index (χ4v) is 5.86. The van der Waals surface area contributed by atoms with Gasteiger partial charge < -0.3 is 14.4 Å². The molecule has 0 bridgehead atoms. The first kappa shape index (κ1) is 20.5. The molecule has 1 aliphatic carbocycles. The third kappa shape index (κ3) is 2.60. The molecule has 1 N–H and O–H groups in total. The van der Waals surface area contributed by atoms with Crippen LogP contribution in [0.2, 0.25) is 0 Å². The van der Waals surface area contributed by atoms with Gasteiger partial charge >= 0.3 is 5.97 Å². The maximum Gasteiger partial charge on any atom is 0.311 e. The van der Waals surface area contributed by atoms with E-state index < -0.39 is 18.0 Å². The summed E-state index contributed by atoms with van der Waals surface area (Å²) in [6.45, 7) is 7.99. The number of hydrogen-bond acceptors (Lipinski definition) is 5. The topological polar surface area (TPSA) is 81.4 Å². The van der Waals surface area contributed by atoms with Crippen LogP contribution in [0.1, 0.15) is 66.2 Å². The number of aromatic nitrogens is 2. The first-order chi connectivity index (χ1) is 15.7. The molecule has 2 aliphatic heterocycles. The van der Waals surface area contributed by atoms with Crippen molar-refractivity contribution in [3.8, 4) is 11.4 Å². The highest BCUT2D eigenvalue weighted by molar-refractivity contribution is 5.93. The second-order valence-electron chi connectivity index (χ2n) is 9.87. The summed E-state index contributed by atoms with van der Waals surface area (Å²) in [7, 11) is 0. The van der Waals surface area contributed by atoms with E-state index in [2.05, 4.69) is 13.8 Å². The second-order valence-corrected chi connectivity index (χ2v) is 9.87. The Kier molecular flexibility index (Phi) is 4.19. The summed E-state index contributed by atoms with van der Waals surface area (Å²) in [6.07, 6.45) is -0.340. The first-order valence-corrected chi connectivity index (χ1v) is 11.4. The van der Waals surface area contributed by atoms with E-state index in [-0.39, 0.29) is 23.9 Å². The van der Waals surface area contributed by atoms with Crippen molar-refractivity contribution in [3.05, 3.63) is 61.7 Å². The van der Waals surface area contributed by atoms with Crippen LogP contribution in [0.3, 0.4) is 0 Å². The predicted molar refractivity (Wildman–Crippen MR) is 120 cm³/mol. The van der Waals surface area contributed by atoms with Gasteiger partial charge in [0.25, 0.3) is 5.56 Å². The summed E-state index contributed by atoms with van der Waals surface area (Å²) in [4.78, 5) is 30.5. The lowest BCUT2D eigenvalue weighted by Crippen LogP contribution is -2.26. The van der Waals surface area contributed by atoms with E-state index in [1.165, 1.54) is 6.07 Å². The summed E-state index contributed by atoms with van der Waals surface area (Å²) < 4.78 is 21.7. The number of carbonyl (C=O) groups excluding carboxylic acids is 1. The molecule has 0 radical (unpaired) electrons. The molecule has 1 aromatic carbocycles. The zero-order chi connectivity index (χ0) is 23.3. The van der Waals surface area contributed by atoms with Crippen molar-refractivity contribution in [2.24, 2.45) is 11.8 Å². The van der Waals surface area contributed by atoms with E-state index in [0.29, 0.717) is 46.1 Å². The van der Waals surface area contributed by atoms with E-state index in [9.17, 15) is 19.1 Å². The number of esters is 1. The van der Waals surface area contributed by atoms with Gasteiger partial charge in [-0.3, -0.25) is 9.59 Å². The quantitative estimate of drug-likeness (QED) is 0.413. The second kappa shape index (κ2) is 6.73. The third-order valence-corrected chi connectivity index (χ3v) is 8.10. The minimum Gasteiger partial charge on any atom is -0.460 e. The zero-order valence-corrected chi connectivity index (χ0v) is 19.0. The fourth-order valence-electron chi connectivity index (χ4n) is 5.86. The Labute approximate surface area is 190 Å². The van der Waals surface area contributed by atoms with E-state index in [1.807, 2.05) is 6.92 Å². The summed E-state index contributed by atoms with van der Waals surface area (Å²) >= 11 is 0. The molecule has 6 rings (SSSR count). The van der Waals surface area contributed by atoms with Crippen molar-refractivity contribution < 1.29 is 19.0 Å². The van der Waals surface area contributed by atoms with Crippen molar-refractivity contribution in [2.45, 2.75) is 59.3 Å². The fraction of sp³-hybridized carbons (Fsp3) is 0.423. The Balaban J connectivity index is 1.67. The van der Waals surface area contributed by atoms with Gasteiger partial charge in [-0.25, -0.2) is 9.37 Å². The predicted octanol–water partition coefficient (Wildman–Crippen LogP) is 3.89. The Hall–Kier alpha value is -3.06. The number of hydrogen-bond donors (Lipinski definition) is 1. The van der Waals surface area contributed by atoms with Gasteiger partial charge in [-0.15, -0.1) is 0 Å². The highest BCUT2D eigenvalue weighted by Gasteiger charge is 2.38. The van der Waals surface area contributed by atoms with Crippen molar-refractivity contribution in [1.82, 2.24) is 9.55 Å². The van der Waals surface area contributed by atoms with E-state index in [0.717, 1.165) is 28.5 Å². The molecule has 0 amide bonds. The number of nitrogens with zero attached hydrogens (tertiary/aromatic N) is 2. The maximum atomic E-state index is 14.8. The Morgan fingerprint density at radius 1 is 1.12 bits per heavy atom. The van der Waals surface area contributed by atoms with Crippen molar-refractivity contribution >= 4 is 16.9 Å². The van der Waals surface area contributed by atoms with Crippen LogP contribution in [-0.2, 0) is 29.1 Å². The summed E-state index contributed by atoms with van der Waals surface area (Å²) in [5, 5.41) is 11.8. The summed E-state index contributed by atoms with van der Waals surface area (Å²) in [5.74, 6) is -1.02. The minimum absolute atomic E-state index is 0.157. The number of halogens is 1. The van der Waals surface area contributed by atoms with Crippen molar-refractivity contribution in [3.63, 3.8) is 0 Å². The largest absolute Gasteiger partial charge is 0.460 e. The molecule has 0 spiro atoms. The summed E-state index contributed by atoms with van der Waals surface area (Å²) in [5.41, 5.74) is 6.10. The van der Waals surface area contributed by atoms with Gasteiger partial charge in [0.2, 0.25) is 0 Å². The number of carbonyl (C=O) groups is 1. The Bertz CT molecular complexity index is 1460. The molecule has 3 aliphatic rings. The standard InChI is InChI=1S/C26H25FN2O4/c1-10-5-14-12(3)18(27)7-19-22(14)21(11(10)2)16-8-29-20(23(16)28-19)6-15-17(25(29)31)9-33-26(32)13(4)24(15)30/h6-7,10-11,13,24,30H,5,8-9H2,1-4H3/t10-,11-,13+,24?/m0/s1. The van der Waals surface area contributed by atoms with Crippen LogP contribution in [0.25, 0.3) is 22.3 Å². The summed E-state index contributed by atoms with van der Waals surface area (Å²) in [6, 6.07) is 3.26. The van der Waals surface area contributed by atoms with E-state index in [4.69, 9.17) is 9.72 Å². The lowest BCUT2D eigenvalue weighted by molar-refractivity contribution is -0.151. The monoisotopic (exact) mass is 448 g/mol. The molecule has 33 heavy (non-hydrogen) atoms. The number of rotatable bonds is 0. The smallest absolute Gasteiger partial charge is 0.311 e. The molecule has 6 nitrogen and oxygen atoms in total. The number of benzene rings is 1. The molecular weight excluding hydrogens is 423 g/mol. The van der Waals surface area contributed by atoms with Crippen LogP contribution in [-0.4, -0.2) is 20.6 Å². The maximum absolute atomic E-state index is 14.8. The van der Waals surface area contributed by atoms with Gasteiger partial charge in [-0.1, -0.05) is 13.8 Å². The van der Waals surface area contributed by atoms with Gasteiger partial charge in [0.05, 0.1) is 41.0 Å². The van der Waals surface area contributed by atoms with E-state index in [1.54, 1.807) is 17.6 Å². The van der Waals surface area contributed by atoms with Gasteiger partial charge in [-0.05, 0) is 60.4 Å². The van der Waals surface area contributed by atoms with Crippen molar-refractivity contribution in [2.75, 3.05) is 0 Å². The lowest BCUT2D eigenvalue weighted by Gasteiger charge is -2.31. The van der Waals surface area contributed by atoms with Crippen LogP contribution in [0.15, 0.2) is 16.9 Å². The Morgan fingerprint density at radius 2 is 1.88 bits per heavy atom. The molecule has 0 fully saturated rings. The molecule has 2 aromatic heterocycles. The molecule has 0 saturated carbocycles. The zero-order valence-electron chi connectivity index (χ0n) is 19.0. The van der Waals surface area contributed by atoms with Gasteiger partial charge in [0, 0.05) is 17.0 Å². The molecule has 4 heterocycles. The highest BCUT2D eigenvalue weighted by Crippen LogP contribution is 2.47. The number of ether oxygens (including phenoxy) is 1. The number of fused-ring (bicyclic) bond motifs is 5. The molecule has 4 atom stereocenters. The molecule has 3 aromatic rings. The minimum atomic E-state index is -1.14. The molecule has 1 unspecified atom stereocenters. The van der Waals surface area contributed by atoms with E-state index >= 15 is 0 Å². The van der Waals surface area contributed by atoms with Crippen LogP contribution in [0.4, 0.5) is 4.39 Å². The lowest BCUT2D eigenvalue weighted by atomic mass is 9.73. The highest BCUT2D eigenvalue weighted by atomic mass is 19.1. The number of aliphatic hydroxyl groups excluding tert-OH is 1. The third-order valence-electron chi connectivity index (χ3n) is 8.10. The van der Waals surface area contributed by atoms with Gasteiger partial charge in [0.1, 0.15) is 12.4 Å². The SMILES string of the molecule is Cc1c(F)cc2nc3c(c4c2c1C[C@H](C)[C@@H]4C)Cn1c-3cc2c(c1=O)COC(=O)[C@H](C)C2O. The number of pyridine rings is 2. The molecule has 7 heteroatoms. The molecule has 170 valence electrons. The Morgan fingerprint density at radius 3 is 2.64 bits per heavy atom. The van der Waals surface area contributed by atoms with Gasteiger partial charge in [0.15, 0.2) is 0 Å². The average molecular weight is 448 g/mol. The van der Waals surface area contributed by atoms with Crippen LogP contribution < -0.4 is 5.56 Å². The first-order valence-electron chi connectivity index (χ1n) is 11.4. The normalized spacial score (nSPS) is 25.3. The van der Waals surface area contributed by atoms with Crippen LogP contribution in [0.5, 0.6) is 0 Å². The van der Waals surface area contributed by atoms with Crippen LogP contribution in [0, 0.1) is 24.6 Å². The number of cyclic esters (lactones) is 1. The molecule has 0 saturated heterocycles. The van der Waals surface area contributed by atoms with Crippen LogP contribution >= 0.6 is 0 Å².